The molecule has 1 aliphatic heterocycles. The first-order valence-corrected chi connectivity index (χ1v) is 11.2. The molecule has 0 unspecified atom stereocenters. The average Bonchev–Trinajstić information content (AvgIpc) is 2.57. The van der Waals surface area contributed by atoms with Crippen LogP contribution in [0.2, 0.25) is 0 Å². The Hall–Kier alpha value is -0.285. The van der Waals surface area contributed by atoms with Gasteiger partial charge in [0.25, 0.3) is 0 Å². The Morgan fingerprint density at radius 2 is 1.13 bits per heavy atom. The van der Waals surface area contributed by atoms with Gasteiger partial charge < -0.3 is 0 Å². The van der Waals surface area contributed by atoms with Crippen LogP contribution in [0.1, 0.15) is 70.6 Å². The molecule has 1 heterocycles. The lowest BCUT2D eigenvalue weighted by Crippen LogP contribution is -2.44. The van der Waals surface area contributed by atoms with Gasteiger partial charge in [0.1, 0.15) is 0 Å². The first-order chi connectivity index (χ1) is 10.9. The molecule has 0 bridgehead atoms. The summed E-state index contributed by atoms with van der Waals surface area (Å²) in [7, 11) is 0.135. The van der Waals surface area contributed by atoms with Crippen LogP contribution in [0.4, 0.5) is 0 Å². The monoisotopic (exact) mass is 325 g/mol. The van der Waals surface area contributed by atoms with Crippen molar-refractivity contribution in [3.63, 3.8) is 0 Å². The largest absolute Gasteiger partial charge is 0.0684 e. The molecule has 3 fully saturated rings. The summed E-state index contributed by atoms with van der Waals surface area (Å²) < 4.78 is 0. The van der Waals surface area contributed by atoms with Crippen molar-refractivity contribution in [1.82, 2.24) is 0 Å². The number of hydrogen-bond donors (Lipinski definition) is 0. The SMILES string of the molecule is [B].c1ccc(P2[C@H](C3CCCCC3)C[C@H]2C2CCCCC2)cc1. The lowest BCUT2D eigenvalue weighted by Gasteiger charge is -2.54. The van der Waals surface area contributed by atoms with Crippen LogP contribution in [0.3, 0.4) is 0 Å². The molecule has 1 aromatic carbocycles. The molecule has 2 saturated carbocycles. The van der Waals surface area contributed by atoms with Crippen molar-refractivity contribution >= 4 is 21.6 Å². The van der Waals surface area contributed by atoms with E-state index in [4.69, 9.17) is 0 Å². The fourth-order valence-electron chi connectivity index (χ4n) is 5.44. The molecule has 3 aliphatic rings. The van der Waals surface area contributed by atoms with E-state index in [1.807, 2.05) is 0 Å². The van der Waals surface area contributed by atoms with Gasteiger partial charge in [0, 0.05) is 8.41 Å². The number of hydrogen-bond acceptors (Lipinski definition) is 0. The van der Waals surface area contributed by atoms with Gasteiger partial charge in [-0.3, -0.25) is 0 Å². The van der Waals surface area contributed by atoms with Crippen LogP contribution in [0.15, 0.2) is 30.3 Å². The highest BCUT2D eigenvalue weighted by molar-refractivity contribution is 7.68. The molecule has 2 aliphatic carbocycles. The molecule has 2 heteroatoms. The zero-order valence-corrected chi connectivity index (χ0v) is 15.4. The van der Waals surface area contributed by atoms with Crippen molar-refractivity contribution in [3.05, 3.63) is 30.3 Å². The van der Waals surface area contributed by atoms with Gasteiger partial charge in [-0.05, 0) is 60.6 Å². The standard InChI is InChI=1S/C21H31P.B/c1-4-10-17(11-5-1)20-16-21(18-12-6-2-7-13-18)22(20)19-14-8-3-9-15-19;/h3,8-9,14-15,17-18,20-21H,1-2,4-7,10-13,16H2;/t20-,21-;/m0./s1. The third-order valence-electron chi connectivity index (χ3n) is 6.64. The summed E-state index contributed by atoms with van der Waals surface area (Å²) in [5, 5.41) is 1.73. The van der Waals surface area contributed by atoms with Crippen molar-refractivity contribution in [1.29, 1.82) is 0 Å². The Morgan fingerprint density at radius 1 is 0.652 bits per heavy atom. The molecule has 0 N–H and O–H groups in total. The van der Waals surface area contributed by atoms with E-state index in [-0.39, 0.29) is 16.3 Å². The molecule has 0 aromatic heterocycles. The van der Waals surface area contributed by atoms with Crippen LogP contribution in [0.25, 0.3) is 0 Å². The lowest BCUT2D eigenvalue weighted by molar-refractivity contribution is 0.276. The summed E-state index contributed by atoms with van der Waals surface area (Å²) in [6, 6.07) is 11.7. The molecule has 3 radical (unpaired) electrons. The maximum Gasteiger partial charge on any atom is 0 e. The molecule has 1 saturated heterocycles. The first-order valence-electron chi connectivity index (χ1n) is 9.77. The minimum Gasteiger partial charge on any atom is -0.0684 e. The Morgan fingerprint density at radius 3 is 1.61 bits per heavy atom. The topological polar surface area (TPSA) is 0 Å². The molecule has 4 rings (SSSR count). The third-order valence-corrected chi connectivity index (χ3v) is 10.2. The van der Waals surface area contributed by atoms with E-state index in [9.17, 15) is 0 Å². The molecule has 0 nitrogen and oxygen atoms in total. The second kappa shape index (κ2) is 8.20. The van der Waals surface area contributed by atoms with E-state index < -0.39 is 0 Å². The lowest BCUT2D eigenvalue weighted by atomic mass is 9.80. The van der Waals surface area contributed by atoms with E-state index in [0.717, 1.165) is 23.2 Å². The van der Waals surface area contributed by atoms with Crippen molar-refractivity contribution in [2.75, 3.05) is 0 Å². The fourth-order valence-corrected chi connectivity index (χ4v) is 9.24. The van der Waals surface area contributed by atoms with Gasteiger partial charge in [0.15, 0.2) is 0 Å². The Bertz CT molecular complexity index is 438. The van der Waals surface area contributed by atoms with E-state index in [1.54, 1.807) is 11.7 Å². The Balaban J connectivity index is 0.00000156. The Labute approximate surface area is 146 Å². The third kappa shape index (κ3) is 3.71. The van der Waals surface area contributed by atoms with Crippen molar-refractivity contribution in [3.8, 4) is 0 Å². The predicted octanol–water partition coefficient (Wildman–Crippen LogP) is 5.71. The summed E-state index contributed by atoms with van der Waals surface area (Å²) in [6.45, 7) is 0. The molecule has 123 valence electrons. The molecule has 0 amide bonds. The van der Waals surface area contributed by atoms with Crippen LogP contribution in [-0.4, -0.2) is 19.7 Å². The maximum absolute atomic E-state index is 2.45. The van der Waals surface area contributed by atoms with Crippen LogP contribution >= 0.6 is 7.92 Å². The molecule has 23 heavy (non-hydrogen) atoms. The van der Waals surface area contributed by atoms with Crippen molar-refractivity contribution < 1.29 is 0 Å². The summed E-state index contributed by atoms with van der Waals surface area (Å²) in [4.78, 5) is 0. The van der Waals surface area contributed by atoms with E-state index in [2.05, 4.69) is 30.3 Å². The molecule has 1 aromatic rings. The first kappa shape index (κ1) is 17.5. The summed E-state index contributed by atoms with van der Waals surface area (Å²) in [5.74, 6) is 2.14. The number of rotatable bonds is 3. The molecular weight excluding hydrogens is 294 g/mol. The second-order valence-electron chi connectivity index (χ2n) is 7.91. The zero-order chi connectivity index (χ0) is 14.8. The van der Waals surface area contributed by atoms with E-state index in [1.165, 1.54) is 64.2 Å². The van der Waals surface area contributed by atoms with E-state index in [0.29, 0.717) is 0 Å². The zero-order valence-electron chi connectivity index (χ0n) is 14.5. The minimum atomic E-state index is 0. The molecule has 2 atom stereocenters. The molecular formula is C21H31BP. The maximum atomic E-state index is 2.45. The highest BCUT2D eigenvalue weighted by atomic mass is 31.1. The summed E-state index contributed by atoms with van der Waals surface area (Å²) in [6.07, 6.45) is 16.7. The van der Waals surface area contributed by atoms with Gasteiger partial charge in [-0.1, -0.05) is 76.8 Å². The average molecular weight is 325 g/mol. The summed E-state index contributed by atoms with van der Waals surface area (Å²) in [5.41, 5.74) is 2.15. The van der Waals surface area contributed by atoms with Gasteiger partial charge >= 0.3 is 0 Å². The quantitative estimate of drug-likeness (QED) is 0.493. The highest BCUT2D eigenvalue weighted by Gasteiger charge is 2.48. The van der Waals surface area contributed by atoms with Crippen LogP contribution in [-0.2, 0) is 0 Å². The van der Waals surface area contributed by atoms with Crippen LogP contribution < -0.4 is 5.30 Å². The smallest absolute Gasteiger partial charge is 0 e. The van der Waals surface area contributed by atoms with Crippen molar-refractivity contribution in [2.24, 2.45) is 11.8 Å². The van der Waals surface area contributed by atoms with Crippen LogP contribution in [0.5, 0.6) is 0 Å². The van der Waals surface area contributed by atoms with Gasteiger partial charge in [0.05, 0.1) is 0 Å². The van der Waals surface area contributed by atoms with Crippen LogP contribution in [0, 0.1) is 11.8 Å². The molecule has 0 spiro atoms. The fraction of sp³-hybridized carbons (Fsp3) is 0.714. The van der Waals surface area contributed by atoms with E-state index >= 15 is 0 Å². The second-order valence-corrected chi connectivity index (χ2v) is 10.6. The van der Waals surface area contributed by atoms with Crippen molar-refractivity contribution in [2.45, 2.75) is 81.9 Å². The Kier molecular flexibility index (Phi) is 6.25. The highest BCUT2D eigenvalue weighted by Crippen LogP contribution is 2.66. The van der Waals surface area contributed by atoms with Gasteiger partial charge in [-0.2, -0.15) is 0 Å². The predicted molar refractivity (Wildman–Crippen MR) is 104 cm³/mol. The van der Waals surface area contributed by atoms with Gasteiger partial charge in [-0.25, -0.2) is 0 Å². The summed E-state index contributed by atoms with van der Waals surface area (Å²) >= 11 is 0. The minimum absolute atomic E-state index is 0. The normalized spacial score (nSPS) is 30.4. The number of benzene rings is 1. The van der Waals surface area contributed by atoms with Gasteiger partial charge in [-0.15, -0.1) is 0 Å². The van der Waals surface area contributed by atoms with Gasteiger partial charge in [0.2, 0.25) is 0 Å².